The van der Waals surface area contributed by atoms with Gasteiger partial charge in [-0.05, 0) is 43.2 Å². The molecule has 2 heterocycles. The number of hydrogen-bond acceptors (Lipinski definition) is 5. The minimum absolute atomic E-state index is 0.249. The van der Waals surface area contributed by atoms with Crippen molar-refractivity contribution in [1.29, 1.82) is 0 Å². The number of hydrogen-bond donors (Lipinski definition) is 1. The number of aromatic nitrogens is 1. The predicted molar refractivity (Wildman–Crippen MR) is 101 cm³/mol. The molecular formula is C19H23N3O2S. The molecule has 6 heteroatoms. The first-order valence-corrected chi connectivity index (χ1v) is 10.6. The molecule has 1 saturated heterocycles. The zero-order valence-corrected chi connectivity index (χ0v) is 15.0. The van der Waals surface area contributed by atoms with Crippen LogP contribution in [0.15, 0.2) is 48.7 Å². The molecule has 132 valence electrons. The van der Waals surface area contributed by atoms with Crippen molar-refractivity contribution < 1.29 is 8.42 Å². The number of benzene rings is 1. The number of nitrogens with one attached hydrogen (secondary N) is 1. The molecule has 1 aromatic heterocycles. The SMILES string of the molecule is O=S1(=O)CCN(c2cccc(NC3CC(c4ccccn4)C3)c2)CC1. The Morgan fingerprint density at radius 1 is 1.04 bits per heavy atom. The fraction of sp³-hybridized carbons (Fsp3) is 0.421. The van der Waals surface area contributed by atoms with Gasteiger partial charge in [0.1, 0.15) is 0 Å². The largest absolute Gasteiger partial charge is 0.382 e. The van der Waals surface area contributed by atoms with Crippen LogP contribution in [0.2, 0.25) is 0 Å². The van der Waals surface area contributed by atoms with E-state index in [1.165, 1.54) is 5.69 Å². The van der Waals surface area contributed by atoms with Gasteiger partial charge in [-0.25, -0.2) is 8.42 Å². The zero-order chi connectivity index (χ0) is 17.3. The number of nitrogens with zero attached hydrogens (tertiary/aromatic N) is 2. The molecule has 0 bridgehead atoms. The van der Waals surface area contributed by atoms with Crippen LogP contribution in [0.3, 0.4) is 0 Å². The summed E-state index contributed by atoms with van der Waals surface area (Å²) in [5.41, 5.74) is 3.39. The van der Waals surface area contributed by atoms with Gasteiger partial charge in [0.25, 0.3) is 0 Å². The normalized spacial score (nSPS) is 25.2. The molecule has 0 radical (unpaired) electrons. The Bertz CT molecular complexity index is 819. The smallest absolute Gasteiger partial charge is 0.153 e. The van der Waals surface area contributed by atoms with Crippen molar-refractivity contribution in [2.75, 3.05) is 34.8 Å². The van der Waals surface area contributed by atoms with Gasteiger partial charge in [-0.3, -0.25) is 4.98 Å². The van der Waals surface area contributed by atoms with Crippen LogP contribution < -0.4 is 10.2 Å². The van der Waals surface area contributed by atoms with Crippen molar-refractivity contribution in [3.8, 4) is 0 Å². The number of sulfone groups is 1. The Balaban J connectivity index is 1.35. The van der Waals surface area contributed by atoms with Gasteiger partial charge in [-0.2, -0.15) is 0 Å². The van der Waals surface area contributed by atoms with Crippen molar-refractivity contribution in [2.24, 2.45) is 0 Å². The summed E-state index contributed by atoms with van der Waals surface area (Å²) < 4.78 is 23.2. The quantitative estimate of drug-likeness (QED) is 0.911. The molecule has 0 atom stereocenters. The summed E-state index contributed by atoms with van der Waals surface area (Å²) in [5.74, 6) is 1.05. The standard InChI is InChI=1S/C19H23N3O2S/c23-25(24)10-8-22(9-11-25)18-5-3-4-16(14-18)21-17-12-15(13-17)19-6-1-2-7-20-19/h1-7,14-15,17,21H,8-13H2. The molecule has 0 unspecified atom stereocenters. The third-order valence-electron chi connectivity index (χ3n) is 5.17. The van der Waals surface area contributed by atoms with Crippen LogP contribution in [-0.2, 0) is 9.84 Å². The Kier molecular flexibility index (Phi) is 4.37. The van der Waals surface area contributed by atoms with E-state index >= 15 is 0 Å². The maximum Gasteiger partial charge on any atom is 0.153 e. The molecule has 1 aliphatic carbocycles. The molecule has 1 aliphatic heterocycles. The van der Waals surface area contributed by atoms with Crippen LogP contribution in [0.4, 0.5) is 11.4 Å². The molecule has 2 aliphatic rings. The third kappa shape index (κ3) is 3.79. The summed E-state index contributed by atoms with van der Waals surface area (Å²) >= 11 is 0. The van der Waals surface area contributed by atoms with E-state index in [0.29, 0.717) is 25.0 Å². The first kappa shape index (κ1) is 16.4. The van der Waals surface area contributed by atoms with Crippen LogP contribution in [0.1, 0.15) is 24.5 Å². The van der Waals surface area contributed by atoms with Crippen LogP contribution in [0.25, 0.3) is 0 Å². The maximum atomic E-state index is 11.6. The summed E-state index contributed by atoms with van der Waals surface area (Å²) in [4.78, 5) is 6.60. The van der Waals surface area contributed by atoms with Gasteiger partial charge >= 0.3 is 0 Å². The van der Waals surface area contributed by atoms with Gasteiger partial charge < -0.3 is 10.2 Å². The fourth-order valence-corrected chi connectivity index (χ4v) is 4.79. The lowest BCUT2D eigenvalue weighted by Crippen LogP contribution is -2.40. The topological polar surface area (TPSA) is 62.3 Å². The lowest BCUT2D eigenvalue weighted by Gasteiger charge is -2.36. The second-order valence-corrected chi connectivity index (χ2v) is 9.26. The highest BCUT2D eigenvalue weighted by atomic mass is 32.2. The molecule has 25 heavy (non-hydrogen) atoms. The van der Waals surface area contributed by atoms with Gasteiger partial charge in [0.05, 0.1) is 11.5 Å². The summed E-state index contributed by atoms with van der Waals surface area (Å²) in [6, 6.07) is 14.9. The molecule has 1 N–H and O–H groups in total. The highest BCUT2D eigenvalue weighted by Crippen LogP contribution is 2.37. The van der Waals surface area contributed by atoms with E-state index < -0.39 is 9.84 Å². The first-order valence-electron chi connectivity index (χ1n) is 8.82. The van der Waals surface area contributed by atoms with E-state index in [-0.39, 0.29) is 11.5 Å². The average molecular weight is 357 g/mol. The molecule has 0 spiro atoms. The summed E-state index contributed by atoms with van der Waals surface area (Å²) in [6.45, 7) is 1.16. The molecule has 1 aromatic carbocycles. The van der Waals surface area contributed by atoms with Crippen molar-refractivity contribution in [3.05, 3.63) is 54.4 Å². The highest BCUT2D eigenvalue weighted by molar-refractivity contribution is 7.91. The predicted octanol–water partition coefficient (Wildman–Crippen LogP) is 2.67. The molecule has 0 amide bonds. The van der Waals surface area contributed by atoms with E-state index in [1.807, 2.05) is 24.4 Å². The number of rotatable bonds is 4. The molecular weight excluding hydrogens is 334 g/mol. The molecule has 4 rings (SSSR count). The summed E-state index contributed by atoms with van der Waals surface area (Å²) in [6.07, 6.45) is 4.06. The van der Waals surface area contributed by atoms with Crippen molar-refractivity contribution >= 4 is 21.2 Å². The Morgan fingerprint density at radius 3 is 2.56 bits per heavy atom. The lowest BCUT2D eigenvalue weighted by molar-refractivity contribution is 0.367. The number of pyridine rings is 1. The van der Waals surface area contributed by atoms with Crippen LogP contribution in [0.5, 0.6) is 0 Å². The van der Waals surface area contributed by atoms with Crippen molar-refractivity contribution in [2.45, 2.75) is 24.8 Å². The second-order valence-electron chi connectivity index (χ2n) is 6.95. The number of anilines is 2. The van der Waals surface area contributed by atoms with Gasteiger partial charge in [-0.1, -0.05) is 12.1 Å². The fourth-order valence-electron chi connectivity index (χ4n) is 3.59. The van der Waals surface area contributed by atoms with E-state index in [0.717, 1.165) is 24.2 Å². The van der Waals surface area contributed by atoms with E-state index in [4.69, 9.17) is 0 Å². The highest BCUT2D eigenvalue weighted by Gasteiger charge is 2.31. The van der Waals surface area contributed by atoms with Crippen molar-refractivity contribution in [1.82, 2.24) is 4.98 Å². The third-order valence-corrected chi connectivity index (χ3v) is 6.78. The van der Waals surface area contributed by atoms with Crippen molar-refractivity contribution in [3.63, 3.8) is 0 Å². The molecule has 2 fully saturated rings. The van der Waals surface area contributed by atoms with E-state index in [2.05, 4.69) is 39.5 Å². The van der Waals surface area contributed by atoms with Crippen LogP contribution in [-0.4, -0.2) is 44.0 Å². The Labute approximate surface area is 149 Å². The molecule has 1 saturated carbocycles. The van der Waals surface area contributed by atoms with E-state index in [9.17, 15) is 8.42 Å². The molecule has 5 nitrogen and oxygen atoms in total. The average Bonchev–Trinajstić information content (AvgIpc) is 2.59. The van der Waals surface area contributed by atoms with Gasteiger partial charge in [-0.15, -0.1) is 0 Å². The lowest BCUT2D eigenvalue weighted by atomic mass is 9.78. The Morgan fingerprint density at radius 2 is 1.84 bits per heavy atom. The Hall–Kier alpha value is -2.08. The minimum Gasteiger partial charge on any atom is -0.382 e. The van der Waals surface area contributed by atoms with Gasteiger partial charge in [0, 0.05) is 48.3 Å². The van der Waals surface area contributed by atoms with Crippen LogP contribution in [0, 0.1) is 0 Å². The summed E-state index contributed by atoms with van der Waals surface area (Å²) in [5, 5.41) is 3.60. The van der Waals surface area contributed by atoms with E-state index in [1.54, 1.807) is 0 Å². The van der Waals surface area contributed by atoms with Gasteiger partial charge in [0.2, 0.25) is 0 Å². The monoisotopic (exact) mass is 357 g/mol. The summed E-state index contributed by atoms with van der Waals surface area (Å²) in [7, 11) is -2.84. The minimum atomic E-state index is -2.84. The zero-order valence-electron chi connectivity index (χ0n) is 14.1. The molecule has 2 aromatic rings. The van der Waals surface area contributed by atoms with Crippen LogP contribution >= 0.6 is 0 Å². The maximum absolute atomic E-state index is 11.6. The first-order chi connectivity index (χ1) is 12.1. The van der Waals surface area contributed by atoms with Gasteiger partial charge in [0.15, 0.2) is 9.84 Å². The second kappa shape index (κ2) is 6.67.